The molecular weight excluding hydrogens is 723 g/mol. The summed E-state index contributed by atoms with van der Waals surface area (Å²) in [6.07, 6.45) is 16.2. The van der Waals surface area contributed by atoms with Gasteiger partial charge in [0.25, 0.3) is 0 Å². The zero-order chi connectivity index (χ0) is 42.3. The Morgan fingerprint density at radius 1 is 0.966 bits per heavy atom. The lowest BCUT2D eigenvalue weighted by Gasteiger charge is -2.67. The van der Waals surface area contributed by atoms with Crippen molar-refractivity contribution in [2.24, 2.45) is 57.0 Å². The number of rotatable bonds is 11. The van der Waals surface area contributed by atoms with E-state index in [2.05, 4.69) is 93.6 Å². The number of amides is 1. The summed E-state index contributed by atoms with van der Waals surface area (Å²) in [4.78, 5) is 46.7. The fraction of sp³-hybridized carbons (Fsp3) is 0.714. The quantitative estimate of drug-likeness (QED) is 0.132. The van der Waals surface area contributed by atoms with Gasteiger partial charge < -0.3 is 30.0 Å². The topological polar surface area (TPSA) is 120 Å². The normalized spacial score (nSPS) is 34.3. The number of ether oxygens (including phenoxy) is 1. The van der Waals surface area contributed by atoms with Crippen molar-refractivity contribution in [2.75, 3.05) is 20.6 Å². The highest BCUT2D eigenvalue weighted by atomic mass is 16.5. The SMILES string of the molecule is C=CC.CN(C)CCn1cc(-c2ccccc2)nc1C(C)(C)NC(=O)C12CCCC1C1CCC3C4(C)CCC(OC(=O)CC(C)(C)C=O)C(N)C4CCC3(C)C1CC2. The number of aldehydes is 1. The van der Waals surface area contributed by atoms with E-state index in [0.717, 1.165) is 94.2 Å². The van der Waals surface area contributed by atoms with E-state index >= 15 is 0 Å². The molecule has 58 heavy (non-hydrogen) atoms. The van der Waals surface area contributed by atoms with E-state index in [9.17, 15) is 14.4 Å². The maximum Gasteiger partial charge on any atom is 0.307 e. The monoisotopic (exact) mass is 798 g/mol. The van der Waals surface area contributed by atoms with Crippen molar-refractivity contribution in [3.63, 3.8) is 0 Å². The Hall–Kier alpha value is -3.30. The molecule has 1 aromatic carbocycles. The van der Waals surface area contributed by atoms with E-state index < -0.39 is 11.0 Å². The van der Waals surface area contributed by atoms with Crippen molar-refractivity contribution < 1.29 is 19.1 Å². The van der Waals surface area contributed by atoms with Crippen LogP contribution >= 0.6 is 0 Å². The van der Waals surface area contributed by atoms with Gasteiger partial charge in [0, 0.05) is 36.3 Å². The molecule has 0 spiro atoms. The molecule has 320 valence electrons. The summed E-state index contributed by atoms with van der Waals surface area (Å²) in [6, 6.07) is 10.2. The van der Waals surface area contributed by atoms with E-state index in [1.807, 2.05) is 13.0 Å². The lowest BCUT2D eigenvalue weighted by molar-refractivity contribution is -0.194. The molecule has 7 rings (SSSR count). The maximum atomic E-state index is 14.9. The first-order valence-electron chi connectivity index (χ1n) is 22.4. The van der Waals surface area contributed by atoms with Gasteiger partial charge in [-0.2, -0.15) is 0 Å². The Morgan fingerprint density at radius 3 is 2.29 bits per heavy atom. The summed E-state index contributed by atoms with van der Waals surface area (Å²) in [7, 11) is 4.19. The van der Waals surface area contributed by atoms with Gasteiger partial charge in [-0.1, -0.05) is 70.5 Å². The summed E-state index contributed by atoms with van der Waals surface area (Å²) < 4.78 is 8.26. The first kappa shape index (κ1) is 44.3. The Kier molecular flexibility index (Phi) is 13.0. The van der Waals surface area contributed by atoms with Crippen LogP contribution in [0.2, 0.25) is 0 Å². The first-order chi connectivity index (χ1) is 27.4. The number of likely N-dealkylation sites (N-methyl/N-ethyl adjacent to an activating group) is 1. The molecule has 5 aliphatic rings. The molecule has 10 unspecified atom stereocenters. The Labute approximate surface area is 349 Å². The second-order valence-corrected chi connectivity index (χ2v) is 21.0. The van der Waals surface area contributed by atoms with E-state index in [-0.39, 0.29) is 46.7 Å². The van der Waals surface area contributed by atoms with Crippen LogP contribution in [-0.4, -0.2) is 65.4 Å². The first-order valence-corrected chi connectivity index (χ1v) is 22.4. The number of hydrogen-bond acceptors (Lipinski definition) is 7. The highest BCUT2D eigenvalue weighted by molar-refractivity contribution is 5.84. The van der Waals surface area contributed by atoms with Crippen molar-refractivity contribution >= 4 is 18.2 Å². The van der Waals surface area contributed by atoms with Gasteiger partial charge in [0.2, 0.25) is 5.91 Å². The second-order valence-electron chi connectivity index (χ2n) is 21.0. The zero-order valence-corrected chi connectivity index (χ0v) is 37.3. The minimum absolute atomic E-state index is 0.0833. The molecule has 5 saturated carbocycles. The molecule has 1 aromatic heterocycles. The highest BCUT2D eigenvalue weighted by Crippen LogP contribution is 2.71. The molecule has 5 aliphatic carbocycles. The third-order valence-corrected chi connectivity index (χ3v) is 16.0. The number of esters is 1. The van der Waals surface area contributed by atoms with Crippen molar-refractivity contribution in [1.82, 2.24) is 19.8 Å². The van der Waals surface area contributed by atoms with E-state index in [1.54, 1.807) is 19.9 Å². The number of carbonyl (C=O) groups is 3. The van der Waals surface area contributed by atoms with Gasteiger partial charge in [-0.15, -0.1) is 6.58 Å². The van der Waals surface area contributed by atoms with E-state index in [0.29, 0.717) is 29.6 Å². The Bertz CT molecular complexity index is 1790. The van der Waals surface area contributed by atoms with Crippen LogP contribution in [0, 0.1) is 51.2 Å². The molecule has 9 heteroatoms. The second kappa shape index (κ2) is 17.0. The number of nitrogens with one attached hydrogen (secondary N) is 1. The van der Waals surface area contributed by atoms with E-state index in [4.69, 9.17) is 15.5 Å². The standard InChI is InChI=1S/C46H69N5O4.C3H6/c1-42(2,29-52)27-38(53)55-36-20-23-45(6)34(39(36)47)18-22-44(5)32-19-24-46(21-12-15-33(46)31(32)16-17-37(44)45)41(54)49-43(3,4)40-48-35(30-13-10-9-11-14-30)28-51(40)26-25-50(7)8;1-3-2/h9-11,13-14,28-29,31-34,36-37,39H,12,15-27,47H2,1-8H3,(H,49,54);3H,1H2,2H3. The minimum atomic E-state index is -0.731. The molecule has 0 bridgehead atoms. The predicted octanol–water partition coefficient (Wildman–Crippen LogP) is 8.95. The minimum Gasteiger partial charge on any atom is -0.461 e. The van der Waals surface area contributed by atoms with Crippen LogP contribution in [0.4, 0.5) is 0 Å². The lowest BCUT2D eigenvalue weighted by atomic mass is 9.38. The van der Waals surface area contributed by atoms with Gasteiger partial charge in [0.05, 0.1) is 23.1 Å². The Balaban J connectivity index is 0.00000183. The summed E-state index contributed by atoms with van der Waals surface area (Å²) in [5.41, 5.74) is 7.69. The van der Waals surface area contributed by atoms with Crippen LogP contribution in [0.15, 0.2) is 49.2 Å². The van der Waals surface area contributed by atoms with Gasteiger partial charge in [-0.05, 0) is 139 Å². The van der Waals surface area contributed by atoms with Crippen molar-refractivity contribution in [2.45, 2.75) is 150 Å². The number of nitrogens with zero attached hydrogens (tertiary/aromatic N) is 3. The largest absolute Gasteiger partial charge is 0.461 e. The third-order valence-electron chi connectivity index (χ3n) is 16.0. The van der Waals surface area contributed by atoms with Gasteiger partial charge in [0.1, 0.15) is 18.2 Å². The van der Waals surface area contributed by atoms with Crippen LogP contribution < -0.4 is 11.1 Å². The number of carbonyl (C=O) groups excluding carboxylic acids is 3. The number of benzene rings is 1. The van der Waals surface area contributed by atoms with Gasteiger partial charge in [-0.25, -0.2) is 4.98 Å². The number of allylic oxidation sites excluding steroid dienone is 1. The molecule has 0 aliphatic heterocycles. The van der Waals surface area contributed by atoms with Crippen LogP contribution in [0.3, 0.4) is 0 Å². The molecular formula is C49H75N5O4. The fourth-order valence-corrected chi connectivity index (χ4v) is 13.3. The summed E-state index contributed by atoms with van der Waals surface area (Å²) in [6.45, 7) is 19.9. The average molecular weight is 798 g/mol. The number of nitrogens with two attached hydrogens (primary N) is 1. The molecule has 2 aromatic rings. The number of imidazole rings is 1. The fourth-order valence-electron chi connectivity index (χ4n) is 13.3. The maximum absolute atomic E-state index is 14.9. The summed E-state index contributed by atoms with van der Waals surface area (Å²) in [5, 5.41) is 3.64. The van der Waals surface area contributed by atoms with Crippen molar-refractivity contribution in [3.05, 3.63) is 55.0 Å². The van der Waals surface area contributed by atoms with Crippen molar-refractivity contribution in [1.29, 1.82) is 0 Å². The van der Waals surface area contributed by atoms with Crippen LogP contribution in [0.1, 0.15) is 131 Å². The molecule has 9 nitrogen and oxygen atoms in total. The smallest absolute Gasteiger partial charge is 0.307 e. The van der Waals surface area contributed by atoms with E-state index in [1.165, 1.54) is 12.8 Å². The molecule has 10 atom stereocenters. The average Bonchev–Trinajstić information content (AvgIpc) is 3.82. The predicted molar refractivity (Wildman–Crippen MR) is 232 cm³/mol. The summed E-state index contributed by atoms with van der Waals surface area (Å²) in [5.74, 6) is 3.28. The molecule has 1 heterocycles. The third kappa shape index (κ3) is 8.25. The highest BCUT2D eigenvalue weighted by Gasteiger charge is 2.66. The number of aromatic nitrogens is 2. The van der Waals surface area contributed by atoms with Crippen LogP contribution in [0.25, 0.3) is 11.3 Å². The van der Waals surface area contributed by atoms with Crippen LogP contribution in [-0.2, 0) is 31.2 Å². The molecule has 0 radical (unpaired) electrons. The van der Waals surface area contributed by atoms with Crippen LogP contribution in [0.5, 0.6) is 0 Å². The number of hydrogen-bond donors (Lipinski definition) is 2. The van der Waals surface area contributed by atoms with Gasteiger partial charge in [-0.3, -0.25) is 9.59 Å². The Morgan fingerprint density at radius 2 is 1.62 bits per heavy atom. The number of fused-ring (bicyclic) bond motifs is 7. The summed E-state index contributed by atoms with van der Waals surface area (Å²) >= 11 is 0. The molecule has 3 N–H and O–H groups in total. The van der Waals surface area contributed by atoms with Crippen molar-refractivity contribution in [3.8, 4) is 11.3 Å². The molecule has 1 amide bonds. The zero-order valence-electron chi connectivity index (χ0n) is 37.3. The van der Waals surface area contributed by atoms with Gasteiger partial charge >= 0.3 is 5.97 Å². The molecule has 5 fully saturated rings. The van der Waals surface area contributed by atoms with Gasteiger partial charge in [0.15, 0.2) is 0 Å². The molecule has 0 saturated heterocycles. The lowest BCUT2D eigenvalue weighted by Crippen LogP contribution is -2.65.